The zero-order valence-electron chi connectivity index (χ0n) is 16.8. The van der Waals surface area contributed by atoms with E-state index in [0.717, 1.165) is 31.6 Å². The van der Waals surface area contributed by atoms with E-state index in [-0.39, 0.29) is 17.1 Å². The summed E-state index contributed by atoms with van der Waals surface area (Å²) in [5.74, 6) is 0.325. The lowest BCUT2D eigenvalue weighted by atomic mass is 10.0. The number of ketones is 1. The summed E-state index contributed by atoms with van der Waals surface area (Å²) in [5, 5.41) is 14.9. The van der Waals surface area contributed by atoms with E-state index in [0.29, 0.717) is 28.9 Å². The third kappa shape index (κ3) is 5.18. The smallest absolute Gasteiger partial charge is 0.189 e. The molecule has 2 aromatic carbocycles. The normalized spacial score (nSPS) is 17.6. The van der Waals surface area contributed by atoms with Gasteiger partial charge in [-0.2, -0.15) is 0 Å². The number of hydrogen-bond acceptors (Lipinski definition) is 5. The number of hydrogen-bond donors (Lipinski definition) is 2. The van der Waals surface area contributed by atoms with Crippen molar-refractivity contribution in [1.82, 2.24) is 10.2 Å². The van der Waals surface area contributed by atoms with Gasteiger partial charge in [0.15, 0.2) is 5.78 Å². The molecule has 1 aliphatic rings. The third-order valence-electron chi connectivity index (χ3n) is 5.33. The average molecular weight is 415 g/mol. The number of allylic oxidation sites excluding steroid dienone is 1. The zero-order chi connectivity index (χ0) is 20.8. The van der Waals surface area contributed by atoms with Gasteiger partial charge in [-0.05, 0) is 42.3 Å². The van der Waals surface area contributed by atoms with E-state index < -0.39 is 0 Å². The van der Waals surface area contributed by atoms with E-state index in [4.69, 9.17) is 16.3 Å². The quantitative estimate of drug-likeness (QED) is 0.526. The van der Waals surface area contributed by atoms with Crippen molar-refractivity contribution in [3.63, 3.8) is 0 Å². The van der Waals surface area contributed by atoms with Crippen molar-refractivity contribution in [3.8, 4) is 11.5 Å². The molecule has 0 amide bonds. The molecule has 1 heterocycles. The Labute approximate surface area is 176 Å². The molecule has 29 heavy (non-hydrogen) atoms. The predicted molar refractivity (Wildman–Crippen MR) is 117 cm³/mol. The number of rotatable bonds is 7. The van der Waals surface area contributed by atoms with Crippen molar-refractivity contribution in [3.05, 3.63) is 64.2 Å². The van der Waals surface area contributed by atoms with Crippen LogP contribution in [0.15, 0.2) is 42.5 Å². The molecule has 0 aliphatic carbocycles. The minimum atomic E-state index is -0.256. The van der Waals surface area contributed by atoms with Gasteiger partial charge in [-0.15, -0.1) is 0 Å². The number of piperazine rings is 1. The monoisotopic (exact) mass is 414 g/mol. The van der Waals surface area contributed by atoms with E-state index in [9.17, 15) is 9.90 Å². The Morgan fingerprint density at radius 1 is 1.31 bits per heavy atom. The van der Waals surface area contributed by atoms with E-state index in [1.165, 1.54) is 6.08 Å². The molecule has 2 N–H and O–H groups in total. The molecule has 0 aromatic heterocycles. The van der Waals surface area contributed by atoms with E-state index in [1.54, 1.807) is 37.5 Å². The second-order valence-corrected chi connectivity index (χ2v) is 7.56. The molecule has 3 rings (SSSR count). The maximum atomic E-state index is 12.7. The van der Waals surface area contributed by atoms with E-state index >= 15 is 0 Å². The first-order valence-electron chi connectivity index (χ1n) is 9.85. The summed E-state index contributed by atoms with van der Waals surface area (Å²) in [5.41, 5.74) is 1.79. The fraction of sp³-hybridized carbons (Fsp3) is 0.348. The van der Waals surface area contributed by atoms with Gasteiger partial charge in [0.1, 0.15) is 11.5 Å². The van der Waals surface area contributed by atoms with Gasteiger partial charge in [0.2, 0.25) is 0 Å². The molecule has 5 nitrogen and oxygen atoms in total. The van der Waals surface area contributed by atoms with Crippen molar-refractivity contribution in [1.29, 1.82) is 0 Å². The van der Waals surface area contributed by atoms with E-state index in [2.05, 4.69) is 17.1 Å². The maximum Gasteiger partial charge on any atom is 0.189 e. The first-order valence-corrected chi connectivity index (χ1v) is 10.2. The zero-order valence-corrected chi connectivity index (χ0v) is 17.6. The van der Waals surface area contributed by atoms with Gasteiger partial charge in [0.25, 0.3) is 0 Å². The second kappa shape index (κ2) is 9.92. The Morgan fingerprint density at radius 2 is 2.07 bits per heavy atom. The van der Waals surface area contributed by atoms with Crippen molar-refractivity contribution >= 4 is 23.5 Å². The number of methoxy groups -OCH3 is 1. The van der Waals surface area contributed by atoms with Gasteiger partial charge >= 0.3 is 0 Å². The number of halogens is 1. The Morgan fingerprint density at radius 3 is 2.76 bits per heavy atom. The summed E-state index contributed by atoms with van der Waals surface area (Å²) < 4.78 is 5.47. The van der Waals surface area contributed by atoms with Crippen LogP contribution >= 0.6 is 11.6 Å². The van der Waals surface area contributed by atoms with Gasteiger partial charge in [-0.1, -0.05) is 36.7 Å². The number of nitrogens with one attached hydrogen (secondary N) is 1. The highest BCUT2D eigenvalue weighted by Crippen LogP contribution is 2.34. The standard InChI is InChI=1S/C23H27ClN2O3/c1-3-18-14-25-12-13-26(18)15-20-22(29-2)11-9-19(23(20)28)21(27)10-6-16-4-7-17(24)8-5-16/h4-11,18,25,28H,3,12-15H2,1-2H3/b10-6+. The van der Waals surface area contributed by atoms with Gasteiger partial charge in [0.05, 0.1) is 18.2 Å². The van der Waals surface area contributed by atoms with Crippen molar-refractivity contribution in [2.45, 2.75) is 25.9 Å². The minimum absolute atomic E-state index is 0.0107. The summed E-state index contributed by atoms with van der Waals surface area (Å²) in [7, 11) is 1.58. The lowest BCUT2D eigenvalue weighted by Gasteiger charge is -2.36. The first kappa shape index (κ1) is 21.4. The number of phenols is 1. The van der Waals surface area contributed by atoms with Crippen LogP contribution in [0.3, 0.4) is 0 Å². The fourth-order valence-electron chi connectivity index (χ4n) is 3.61. The Kier molecular flexibility index (Phi) is 7.31. The summed E-state index contributed by atoms with van der Waals surface area (Å²) >= 11 is 5.89. The summed E-state index contributed by atoms with van der Waals surface area (Å²) in [6.07, 6.45) is 4.19. The molecule has 0 radical (unpaired) electrons. The summed E-state index contributed by atoms with van der Waals surface area (Å²) in [6.45, 7) is 5.40. The number of aromatic hydroxyl groups is 1. The number of nitrogens with zero attached hydrogens (tertiary/aromatic N) is 1. The van der Waals surface area contributed by atoms with Gasteiger partial charge in [0, 0.05) is 37.2 Å². The molecule has 1 fully saturated rings. The second-order valence-electron chi connectivity index (χ2n) is 7.13. The predicted octanol–water partition coefficient (Wildman–Crippen LogP) is 4.13. The fourth-order valence-corrected chi connectivity index (χ4v) is 3.74. The minimum Gasteiger partial charge on any atom is -0.507 e. The molecule has 1 aliphatic heterocycles. The molecule has 1 unspecified atom stereocenters. The van der Waals surface area contributed by atoms with Crippen LogP contribution in [0, 0.1) is 0 Å². The van der Waals surface area contributed by atoms with Crippen molar-refractivity contribution < 1.29 is 14.6 Å². The first-order chi connectivity index (χ1) is 14.0. The number of ether oxygens (including phenoxy) is 1. The molecule has 2 aromatic rings. The molecule has 0 bridgehead atoms. The molecule has 1 atom stereocenters. The van der Waals surface area contributed by atoms with Crippen LogP contribution in [-0.2, 0) is 6.54 Å². The third-order valence-corrected chi connectivity index (χ3v) is 5.58. The molecular formula is C23H27ClN2O3. The highest BCUT2D eigenvalue weighted by Gasteiger charge is 2.25. The van der Waals surface area contributed by atoms with Crippen LogP contribution in [0.4, 0.5) is 0 Å². The molecule has 154 valence electrons. The van der Waals surface area contributed by atoms with Crippen molar-refractivity contribution in [2.75, 3.05) is 26.7 Å². The summed E-state index contributed by atoms with van der Waals surface area (Å²) in [4.78, 5) is 15.1. The average Bonchev–Trinajstić information content (AvgIpc) is 2.74. The van der Waals surface area contributed by atoms with Gasteiger partial charge in [-0.25, -0.2) is 0 Å². The Hall–Kier alpha value is -2.34. The molecular weight excluding hydrogens is 388 g/mol. The van der Waals surface area contributed by atoms with Crippen LogP contribution in [0.25, 0.3) is 6.08 Å². The molecule has 0 saturated carbocycles. The topological polar surface area (TPSA) is 61.8 Å². The van der Waals surface area contributed by atoms with E-state index in [1.807, 2.05) is 12.1 Å². The lowest BCUT2D eigenvalue weighted by molar-refractivity contribution is 0.104. The highest BCUT2D eigenvalue weighted by molar-refractivity contribution is 6.30. The molecule has 6 heteroatoms. The van der Waals surface area contributed by atoms with Crippen LogP contribution in [-0.4, -0.2) is 48.6 Å². The van der Waals surface area contributed by atoms with Crippen LogP contribution < -0.4 is 10.1 Å². The number of carbonyl (C=O) groups excluding carboxylic acids is 1. The maximum absolute atomic E-state index is 12.7. The highest BCUT2D eigenvalue weighted by atomic mass is 35.5. The van der Waals surface area contributed by atoms with Crippen molar-refractivity contribution in [2.24, 2.45) is 0 Å². The SMILES string of the molecule is CCC1CNCCN1Cc1c(OC)ccc(C(=O)/C=C/c2ccc(Cl)cc2)c1O. The summed E-state index contributed by atoms with van der Waals surface area (Å²) in [6, 6.07) is 11.0. The number of phenolic OH excluding ortho intramolecular Hbond substituents is 1. The molecule has 1 saturated heterocycles. The van der Waals surface area contributed by atoms with Crippen LogP contribution in [0.1, 0.15) is 34.8 Å². The number of carbonyl (C=O) groups is 1. The van der Waals surface area contributed by atoms with Gasteiger partial charge < -0.3 is 15.2 Å². The number of benzene rings is 2. The Balaban J connectivity index is 1.85. The lowest BCUT2D eigenvalue weighted by Crippen LogP contribution is -2.50. The largest absolute Gasteiger partial charge is 0.507 e. The van der Waals surface area contributed by atoms with Crippen LogP contribution in [0.2, 0.25) is 5.02 Å². The molecule has 0 spiro atoms. The van der Waals surface area contributed by atoms with Crippen LogP contribution in [0.5, 0.6) is 11.5 Å². The van der Waals surface area contributed by atoms with Gasteiger partial charge in [-0.3, -0.25) is 9.69 Å². The Bertz CT molecular complexity index is 880.